The molecule has 0 atom stereocenters. The summed E-state index contributed by atoms with van der Waals surface area (Å²) in [4.78, 5) is 43.0. The summed E-state index contributed by atoms with van der Waals surface area (Å²) in [6, 6.07) is 11.1. The van der Waals surface area contributed by atoms with Crippen molar-refractivity contribution < 1.29 is 18.9 Å². The molecule has 0 aromatic heterocycles. The van der Waals surface area contributed by atoms with Gasteiger partial charge in [0.25, 0.3) is 11.6 Å². The lowest BCUT2D eigenvalue weighted by molar-refractivity contribution is -0.384. The summed E-state index contributed by atoms with van der Waals surface area (Å²) in [5.41, 5.74) is 1.09. The second-order valence-corrected chi connectivity index (χ2v) is 8.18. The normalized spacial score (nSPS) is 16.7. The van der Waals surface area contributed by atoms with Crippen LogP contribution in [0.5, 0.6) is 0 Å². The molecule has 0 bridgehead atoms. The number of halogens is 1. The number of hydrogen-bond donors (Lipinski definition) is 0. The number of amides is 2. The van der Waals surface area contributed by atoms with Gasteiger partial charge in [0.2, 0.25) is 5.91 Å². The first-order valence-corrected chi connectivity index (χ1v) is 10.9. The summed E-state index contributed by atoms with van der Waals surface area (Å²) in [5.74, 6) is -0.591. The molecule has 10 heteroatoms. The van der Waals surface area contributed by atoms with E-state index >= 15 is 0 Å². The second kappa shape index (κ2) is 9.43. The summed E-state index contributed by atoms with van der Waals surface area (Å²) < 4.78 is 14.1. The molecule has 0 spiro atoms. The Hall–Kier alpha value is -3.69. The number of carbonyl (C=O) groups is 2. The molecule has 0 N–H and O–H groups in total. The van der Waals surface area contributed by atoms with E-state index in [1.807, 2.05) is 9.80 Å². The molecule has 2 fully saturated rings. The lowest BCUT2D eigenvalue weighted by Crippen LogP contribution is -2.49. The molecule has 2 saturated heterocycles. The lowest BCUT2D eigenvalue weighted by Gasteiger charge is -2.36. The minimum absolute atomic E-state index is 0.0137. The highest BCUT2D eigenvalue weighted by atomic mass is 19.1. The quantitative estimate of drug-likeness (QED) is 0.519. The van der Waals surface area contributed by atoms with Crippen molar-refractivity contribution in [3.05, 3.63) is 64.0 Å². The average molecular weight is 455 g/mol. The molecule has 2 aromatic carbocycles. The number of hydrogen-bond acceptors (Lipinski definition) is 6. The van der Waals surface area contributed by atoms with Gasteiger partial charge in [0.1, 0.15) is 11.5 Å². The molecule has 4 rings (SSSR count). The summed E-state index contributed by atoms with van der Waals surface area (Å²) >= 11 is 0. The number of benzene rings is 2. The number of nitro benzene ring substituents is 1. The topological polar surface area (TPSA) is 90.2 Å². The third-order valence-electron chi connectivity index (χ3n) is 6.24. The smallest absolute Gasteiger partial charge is 0.293 e. The van der Waals surface area contributed by atoms with Gasteiger partial charge in [0.05, 0.1) is 10.6 Å². The molecule has 0 unspecified atom stereocenters. The van der Waals surface area contributed by atoms with Crippen LogP contribution >= 0.6 is 0 Å². The van der Waals surface area contributed by atoms with E-state index in [4.69, 9.17) is 0 Å². The predicted octanol–water partition coefficient (Wildman–Crippen LogP) is 2.36. The average Bonchev–Trinajstić information content (AvgIpc) is 2.83. The van der Waals surface area contributed by atoms with Crippen molar-refractivity contribution in [3.8, 4) is 0 Å². The van der Waals surface area contributed by atoms with Crippen molar-refractivity contribution in [1.29, 1.82) is 0 Å². The first-order chi connectivity index (χ1) is 15.8. The summed E-state index contributed by atoms with van der Waals surface area (Å²) in [6.45, 7) is 5.25. The number of para-hydroxylation sites is 1. The Morgan fingerprint density at radius 2 is 1.42 bits per heavy atom. The first kappa shape index (κ1) is 22.5. The number of nitro groups is 1. The Labute approximate surface area is 191 Å². The van der Waals surface area contributed by atoms with Crippen LogP contribution in [0, 0.1) is 15.9 Å². The van der Waals surface area contributed by atoms with Crippen molar-refractivity contribution in [1.82, 2.24) is 9.80 Å². The molecule has 0 aliphatic carbocycles. The molecule has 2 aliphatic rings. The maximum atomic E-state index is 14.1. The van der Waals surface area contributed by atoms with E-state index in [0.717, 1.165) is 0 Å². The Kier molecular flexibility index (Phi) is 6.43. The monoisotopic (exact) mass is 455 g/mol. The molecule has 2 aromatic rings. The Balaban J connectivity index is 1.45. The van der Waals surface area contributed by atoms with Crippen molar-refractivity contribution in [2.24, 2.45) is 0 Å². The summed E-state index contributed by atoms with van der Waals surface area (Å²) in [7, 11) is 0. The van der Waals surface area contributed by atoms with Gasteiger partial charge in [0.15, 0.2) is 0 Å². The van der Waals surface area contributed by atoms with E-state index < -0.39 is 4.92 Å². The maximum Gasteiger partial charge on any atom is 0.293 e. The lowest BCUT2D eigenvalue weighted by atomic mass is 10.1. The van der Waals surface area contributed by atoms with E-state index in [-0.39, 0.29) is 28.9 Å². The van der Waals surface area contributed by atoms with Gasteiger partial charge in [-0.25, -0.2) is 4.39 Å². The van der Waals surface area contributed by atoms with Gasteiger partial charge in [-0.05, 0) is 24.3 Å². The number of nitrogens with zero attached hydrogens (tertiary/aromatic N) is 5. The standard InChI is InChI=1S/C23H26FN5O4/c1-17(30)25-8-10-27(11-9-25)21-7-6-18(16-22(21)29(32)33)23(31)28-14-12-26(13-15-28)20-5-3-2-4-19(20)24/h2-7,16H,8-15H2,1H3. The van der Waals surface area contributed by atoms with Crippen molar-refractivity contribution in [3.63, 3.8) is 0 Å². The highest BCUT2D eigenvalue weighted by Gasteiger charge is 2.28. The fourth-order valence-electron chi connectivity index (χ4n) is 4.37. The minimum Gasteiger partial charge on any atom is -0.366 e. The van der Waals surface area contributed by atoms with Crippen LogP contribution in [-0.2, 0) is 4.79 Å². The molecule has 174 valence electrons. The summed E-state index contributed by atoms with van der Waals surface area (Å²) in [5, 5.41) is 11.8. The van der Waals surface area contributed by atoms with E-state index in [1.54, 1.807) is 40.1 Å². The third kappa shape index (κ3) is 4.74. The van der Waals surface area contributed by atoms with Crippen LogP contribution in [0.15, 0.2) is 42.5 Å². The van der Waals surface area contributed by atoms with Crippen LogP contribution in [0.4, 0.5) is 21.5 Å². The van der Waals surface area contributed by atoms with Crippen molar-refractivity contribution in [2.75, 3.05) is 62.2 Å². The van der Waals surface area contributed by atoms with Crippen LogP contribution in [0.1, 0.15) is 17.3 Å². The highest BCUT2D eigenvalue weighted by molar-refractivity contribution is 5.96. The fourth-order valence-corrected chi connectivity index (χ4v) is 4.37. The number of rotatable bonds is 4. The van der Waals surface area contributed by atoms with Crippen LogP contribution in [-0.4, -0.2) is 78.9 Å². The second-order valence-electron chi connectivity index (χ2n) is 8.18. The van der Waals surface area contributed by atoms with Gasteiger partial charge in [-0.2, -0.15) is 0 Å². The first-order valence-electron chi connectivity index (χ1n) is 10.9. The van der Waals surface area contributed by atoms with Gasteiger partial charge in [-0.1, -0.05) is 12.1 Å². The number of piperazine rings is 2. The number of anilines is 2. The zero-order chi connectivity index (χ0) is 23.5. The maximum absolute atomic E-state index is 14.1. The van der Waals surface area contributed by atoms with Crippen LogP contribution < -0.4 is 9.80 Å². The predicted molar refractivity (Wildman–Crippen MR) is 122 cm³/mol. The summed E-state index contributed by atoms with van der Waals surface area (Å²) in [6.07, 6.45) is 0. The Morgan fingerprint density at radius 1 is 0.848 bits per heavy atom. The van der Waals surface area contributed by atoms with E-state index in [1.165, 1.54) is 19.1 Å². The molecule has 0 saturated carbocycles. The van der Waals surface area contributed by atoms with Crippen LogP contribution in [0.25, 0.3) is 0 Å². The SMILES string of the molecule is CC(=O)N1CCN(c2ccc(C(=O)N3CCN(c4ccccc4F)CC3)cc2[N+](=O)[O-])CC1. The van der Waals surface area contributed by atoms with Crippen LogP contribution in [0.3, 0.4) is 0 Å². The van der Waals surface area contributed by atoms with Gasteiger partial charge in [0, 0.05) is 70.9 Å². The molecule has 33 heavy (non-hydrogen) atoms. The largest absolute Gasteiger partial charge is 0.366 e. The fraction of sp³-hybridized carbons (Fsp3) is 0.391. The zero-order valence-electron chi connectivity index (χ0n) is 18.4. The van der Waals surface area contributed by atoms with Crippen molar-refractivity contribution in [2.45, 2.75) is 6.92 Å². The molecule has 0 radical (unpaired) electrons. The van der Waals surface area contributed by atoms with E-state index in [2.05, 4.69) is 0 Å². The third-order valence-corrected chi connectivity index (χ3v) is 6.24. The minimum atomic E-state index is -0.473. The molecular weight excluding hydrogens is 429 g/mol. The Bertz CT molecular complexity index is 1060. The highest BCUT2D eigenvalue weighted by Crippen LogP contribution is 2.31. The Morgan fingerprint density at radius 3 is 2.00 bits per heavy atom. The van der Waals surface area contributed by atoms with Gasteiger partial charge < -0.3 is 19.6 Å². The molecular formula is C23H26FN5O4. The molecule has 2 heterocycles. The van der Waals surface area contributed by atoms with Gasteiger partial charge in [-0.3, -0.25) is 19.7 Å². The van der Waals surface area contributed by atoms with E-state index in [0.29, 0.717) is 63.7 Å². The van der Waals surface area contributed by atoms with Gasteiger partial charge in [-0.15, -0.1) is 0 Å². The molecule has 9 nitrogen and oxygen atoms in total. The van der Waals surface area contributed by atoms with Gasteiger partial charge >= 0.3 is 0 Å². The zero-order valence-corrected chi connectivity index (χ0v) is 18.4. The molecule has 2 amide bonds. The van der Waals surface area contributed by atoms with Crippen molar-refractivity contribution >= 4 is 28.9 Å². The van der Waals surface area contributed by atoms with E-state index in [9.17, 15) is 24.1 Å². The molecule has 2 aliphatic heterocycles. The van der Waals surface area contributed by atoms with Crippen LogP contribution in [0.2, 0.25) is 0 Å². The number of carbonyl (C=O) groups excluding carboxylic acids is 2.